The largest absolute Gasteiger partial charge is 1.00 e. The molecule has 4 aromatic rings. The Morgan fingerprint density at radius 2 is 0.903 bits per heavy atom. The summed E-state index contributed by atoms with van der Waals surface area (Å²) in [5, 5.41) is 4.09. The Bertz CT molecular complexity index is 967. The Balaban J connectivity index is 0.00000272. The number of halogens is 1. The van der Waals surface area contributed by atoms with Crippen LogP contribution < -0.4 is 37.8 Å². The zero-order valence-electron chi connectivity index (χ0n) is 17.7. The van der Waals surface area contributed by atoms with Crippen molar-refractivity contribution in [2.75, 3.05) is 14.2 Å². The maximum atomic E-state index is 5.56. The van der Waals surface area contributed by atoms with Crippen LogP contribution in [-0.2, 0) is 6.16 Å². The van der Waals surface area contributed by atoms with Gasteiger partial charge in [0.15, 0.2) is 0 Å². The van der Waals surface area contributed by atoms with Gasteiger partial charge in [-0.25, -0.2) is 0 Å². The third-order valence-electron chi connectivity index (χ3n) is 5.42. The van der Waals surface area contributed by atoms with Crippen LogP contribution in [0, 0.1) is 0 Å². The maximum Gasteiger partial charge on any atom is 0.122 e. The molecule has 0 aliphatic carbocycles. The Labute approximate surface area is 191 Å². The summed E-state index contributed by atoms with van der Waals surface area (Å²) in [5.41, 5.74) is 1.20. The molecule has 0 heterocycles. The van der Waals surface area contributed by atoms with Crippen molar-refractivity contribution in [3.8, 4) is 11.5 Å². The van der Waals surface area contributed by atoms with Crippen molar-refractivity contribution in [3.05, 3.63) is 115 Å². The molecule has 0 fully saturated rings. The minimum Gasteiger partial charge on any atom is -1.00 e. The molecule has 4 rings (SSSR count). The SMILES string of the molecule is COc1cc(C[P+](c2ccccc2)(c2ccccc2)c2ccccc2)cc(OC)c1.[Cl-]. The van der Waals surface area contributed by atoms with Gasteiger partial charge in [0, 0.05) is 6.07 Å². The average Bonchev–Trinajstić information content (AvgIpc) is 2.84. The van der Waals surface area contributed by atoms with Crippen LogP contribution in [0.25, 0.3) is 0 Å². The first-order valence-electron chi connectivity index (χ1n) is 10.0. The van der Waals surface area contributed by atoms with Gasteiger partial charge in [-0.1, -0.05) is 54.6 Å². The van der Waals surface area contributed by atoms with Gasteiger partial charge in [0.05, 0.1) is 20.4 Å². The van der Waals surface area contributed by atoms with Gasteiger partial charge in [-0.3, -0.25) is 0 Å². The molecule has 4 aromatic carbocycles. The number of ether oxygens (including phenoxy) is 2. The van der Waals surface area contributed by atoms with Crippen LogP contribution >= 0.6 is 7.26 Å². The van der Waals surface area contributed by atoms with Crippen LogP contribution in [0.3, 0.4) is 0 Å². The van der Waals surface area contributed by atoms with Crippen LogP contribution in [0.1, 0.15) is 5.56 Å². The van der Waals surface area contributed by atoms with Crippen LogP contribution in [0.5, 0.6) is 11.5 Å². The number of methoxy groups -OCH3 is 2. The number of hydrogen-bond donors (Lipinski definition) is 0. The average molecular weight is 449 g/mol. The van der Waals surface area contributed by atoms with E-state index in [2.05, 4.69) is 103 Å². The molecule has 0 atom stereocenters. The second-order valence-corrected chi connectivity index (χ2v) is 10.7. The van der Waals surface area contributed by atoms with Crippen molar-refractivity contribution in [2.24, 2.45) is 0 Å². The highest BCUT2D eigenvalue weighted by Crippen LogP contribution is 2.58. The van der Waals surface area contributed by atoms with E-state index in [-0.39, 0.29) is 12.4 Å². The van der Waals surface area contributed by atoms with Gasteiger partial charge in [-0.05, 0) is 54.1 Å². The summed E-state index contributed by atoms with van der Waals surface area (Å²) in [7, 11) is 1.45. The molecule has 0 radical (unpaired) electrons. The van der Waals surface area contributed by atoms with Gasteiger partial charge >= 0.3 is 0 Å². The number of rotatable bonds is 7. The smallest absolute Gasteiger partial charge is 0.122 e. The fourth-order valence-corrected chi connectivity index (χ4v) is 8.22. The molecule has 0 amide bonds. The minimum atomic E-state index is -1.95. The molecule has 0 aliphatic rings. The number of benzene rings is 4. The van der Waals surface area contributed by atoms with E-state index in [0.717, 1.165) is 17.7 Å². The van der Waals surface area contributed by atoms with Crippen molar-refractivity contribution >= 4 is 23.2 Å². The third-order valence-corrected chi connectivity index (χ3v) is 9.80. The molecule has 31 heavy (non-hydrogen) atoms. The molecule has 0 N–H and O–H groups in total. The van der Waals surface area contributed by atoms with Gasteiger partial charge in [-0.15, -0.1) is 0 Å². The number of hydrogen-bond acceptors (Lipinski definition) is 2. The first-order chi connectivity index (χ1) is 14.8. The molecule has 0 unspecified atom stereocenters. The zero-order valence-corrected chi connectivity index (χ0v) is 19.4. The predicted octanol–water partition coefficient (Wildman–Crippen LogP) is 2.20. The van der Waals surface area contributed by atoms with E-state index >= 15 is 0 Å². The molecular weight excluding hydrogens is 423 g/mol. The highest BCUT2D eigenvalue weighted by Gasteiger charge is 2.45. The summed E-state index contributed by atoms with van der Waals surface area (Å²) in [6.07, 6.45) is 0.887. The van der Waals surface area contributed by atoms with E-state index in [9.17, 15) is 0 Å². The van der Waals surface area contributed by atoms with Crippen molar-refractivity contribution in [1.82, 2.24) is 0 Å². The lowest BCUT2D eigenvalue weighted by atomic mass is 10.2. The molecule has 2 nitrogen and oxygen atoms in total. The van der Waals surface area contributed by atoms with Crippen molar-refractivity contribution < 1.29 is 21.9 Å². The fourth-order valence-electron chi connectivity index (χ4n) is 4.00. The van der Waals surface area contributed by atoms with Crippen molar-refractivity contribution in [3.63, 3.8) is 0 Å². The topological polar surface area (TPSA) is 18.5 Å². The van der Waals surface area contributed by atoms with Crippen LogP contribution in [0.2, 0.25) is 0 Å². The standard InChI is InChI=1S/C27H26O2P.ClH/c1-28-23-18-22(19-24(20-23)29-2)21-30(25-12-6-3-7-13-25,26-14-8-4-9-15-26)27-16-10-5-11-17-27;/h3-20H,21H2,1-2H3;1H/q+1;/p-1. The zero-order chi connectivity index (χ0) is 20.8. The van der Waals surface area contributed by atoms with Gasteiger partial charge in [0.2, 0.25) is 0 Å². The van der Waals surface area contributed by atoms with Gasteiger partial charge in [0.25, 0.3) is 0 Å². The highest BCUT2D eigenvalue weighted by atomic mass is 35.5. The monoisotopic (exact) mass is 448 g/mol. The molecule has 0 saturated heterocycles. The van der Waals surface area contributed by atoms with Crippen molar-refractivity contribution in [2.45, 2.75) is 6.16 Å². The normalized spacial score (nSPS) is 10.8. The van der Waals surface area contributed by atoms with Gasteiger partial charge < -0.3 is 21.9 Å². The molecular formula is C27H26ClO2P. The first-order valence-corrected chi connectivity index (χ1v) is 12.0. The van der Waals surface area contributed by atoms with E-state index in [0.29, 0.717) is 0 Å². The van der Waals surface area contributed by atoms with Crippen molar-refractivity contribution in [1.29, 1.82) is 0 Å². The quantitative estimate of drug-likeness (QED) is 0.404. The van der Waals surface area contributed by atoms with Crippen LogP contribution in [0.15, 0.2) is 109 Å². The van der Waals surface area contributed by atoms with E-state index < -0.39 is 7.26 Å². The Morgan fingerprint density at radius 3 is 1.23 bits per heavy atom. The Hall–Kier alpha value is -2.80. The van der Waals surface area contributed by atoms with E-state index in [1.807, 2.05) is 6.07 Å². The van der Waals surface area contributed by atoms with Gasteiger partial charge in [0.1, 0.15) is 34.7 Å². The lowest BCUT2D eigenvalue weighted by Crippen LogP contribution is -3.00. The summed E-state index contributed by atoms with van der Waals surface area (Å²) in [6, 6.07) is 38.9. The third kappa shape index (κ3) is 4.77. The summed E-state index contributed by atoms with van der Waals surface area (Å²) in [6.45, 7) is 0. The predicted molar refractivity (Wildman–Crippen MR) is 128 cm³/mol. The second kappa shape index (κ2) is 10.5. The lowest BCUT2D eigenvalue weighted by Gasteiger charge is -2.28. The summed E-state index contributed by atoms with van der Waals surface area (Å²) >= 11 is 0. The fraction of sp³-hybridized carbons (Fsp3) is 0.111. The van der Waals surface area contributed by atoms with E-state index in [1.54, 1.807) is 14.2 Å². The van der Waals surface area contributed by atoms with Crippen LogP contribution in [-0.4, -0.2) is 14.2 Å². The first kappa shape index (κ1) is 22.9. The highest BCUT2D eigenvalue weighted by molar-refractivity contribution is 7.95. The summed E-state index contributed by atoms with van der Waals surface area (Å²) in [5.74, 6) is 1.63. The van der Waals surface area contributed by atoms with E-state index in [4.69, 9.17) is 9.47 Å². The van der Waals surface area contributed by atoms with E-state index in [1.165, 1.54) is 21.5 Å². The minimum absolute atomic E-state index is 0. The molecule has 4 heteroatoms. The summed E-state index contributed by atoms with van der Waals surface area (Å²) < 4.78 is 11.1. The second-order valence-electron chi connectivity index (χ2n) is 7.20. The molecule has 0 saturated carbocycles. The Kier molecular flexibility index (Phi) is 7.74. The molecule has 0 aliphatic heterocycles. The molecule has 0 spiro atoms. The Morgan fingerprint density at radius 1 is 0.548 bits per heavy atom. The van der Waals surface area contributed by atoms with Gasteiger partial charge in [-0.2, -0.15) is 0 Å². The lowest BCUT2D eigenvalue weighted by molar-refractivity contribution is -0.00000659. The molecule has 0 bridgehead atoms. The maximum absolute atomic E-state index is 5.56. The molecule has 158 valence electrons. The van der Waals surface area contributed by atoms with Crippen LogP contribution in [0.4, 0.5) is 0 Å². The molecule has 0 aromatic heterocycles. The summed E-state index contributed by atoms with van der Waals surface area (Å²) in [4.78, 5) is 0.